The van der Waals surface area contributed by atoms with Crippen LogP contribution in [0.2, 0.25) is 0 Å². The largest absolute Gasteiger partial charge is 0.311 e. The van der Waals surface area contributed by atoms with Crippen LogP contribution < -0.4 is 21.3 Å². The van der Waals surface area contributed by atoms with E-state index in [1.54, 1.807) is 0 Å². The Morgan fingerprint density at radius 1 is 0.400 bits per heavy atom. The molecule has 4 heterocycles. The number of hydrogen-bond acceptors (Lipinski definition) is 3. The molecular formula is C64H48BN5. The van der Waals surface area contributed by atoms with Crippen LogP contribution in [-0.2, 0) is 10.8 Å². The highest BCUT2D eigenvalue weighted by Gasteiger charge is 2.43. The Kier molecular flexibility index (Phi) is 8.89. The second-order valence-electron chi connectivity index (χ2n) is 21.3. The zero-order valence-corrected chi connectivity index (χ0v) is 40.1. The van der Waals surface area contributed by atoms with Crippen LogP contribution in [0.15, 0.2) is 182 Å². The average molecular weight is 898 g/mol. The molecule has 0 unspecified atom stereocenters. The maximum absolute atomic E-state index is 10.8. The first kappa shape index (κ1) is 41.6. The van der Waals surface area contributed by atoms with Gasteiger partial charge in [0.15, 0.2) is 0 Å². The normalized spacial score (nSPS) is 12.9. The van der Waals surface area contributed by atoms with E-state index in [0.717, 1.165) is 99.9 Å². The maximum Gasteiger partial charge on any atom is 0.252 e. The van der Waals surface area contributed by atoms with E-state index >= 15 is 0 Å². The van der Waals surface area contributed by atoms with E-state index in [1.165, 1.54) is 21.9 Å². The summed E-state index contributed by atoms with van der Waals surface area (Å²) in [7, 11) is 0. The van der Waals surface area contributed by atoms with E-state index in [1.807, 2.05) is 6.07 Å². The highest BCUT2D eigenvalue weighted by atomic mass is 15.2. The van der Waals surface area contributed by atoms with Gasteiger partial charge in [0.1, 0.15) is 0 Å². The molecule has 0 radical (unpaired) electrons. The Labute approximate surface area is 408 Å². The first-order valence-corrected chi connectivity index (χ1v) is 24.2. The lowest BCUT2D eigenvalue weighted by molar-refractivity contribution is 0.590. The molecule has 13 rings (SSSR count). The van der Waals surface area contributed by atoms with Crippen LogP contribution in [0.1, 0.15) is 63.8 Å². The van der Waals surface area contributed by atoms with Gasteiger partial charge in [0.05, 0.1) is 45.5 Å². The molecule has 2 aliphatic heterocycles. The number of anilines is 3. The smallest absolute Gasteiger partial charge is 0.252 e. The molecular weight excluding hydrogens is 850 g/mol. The predicted molar refractivity (Wildman–Crippen MR) is 292 cm³/mol. The molecule has 0 aliphatic carbocycles. The molecule has 2 aromatic heterocycles. The van der Waals surface area contributed by atoms with Gasteiger partial charge in [-0.1, -0.05) is 145 Å². The minimum absolute atomic E-state index is 0.0339. The van der Waals surface area contributed by atoms with E-state index < -0.39 is 0 Å². The van der Waals surface area contributed by atoms with Crippen molar-refractivity contribution in [1.29, 1.82) is 10.5 Å². The lowest BCUT2D eigenvalue weighted by Crippen LogP contribution is -2.60. The number of nitriles is 2. The lowest BCUT2D eigenvalue weighted by Gasteiger charge is -2.41. The molecule has 6 heteroatoms. The van der Waals surface area contributed by atoms with Crippen LogP contribution in [-0.4, -0.2) is 15.8 Å². The number of aromatic nitrogens is 2. The van der Waals surface area contributed by atoms with Crippen molar-refractivity contribution in [3.8, 4) is 45.8 Å². The summed E-state index contributed by atoms with van der Waals surface area (Å²) in [5.74, 6) is 0. The third kappa shape index (κ3) is 6.16. The molecule has 70 heavy (non-hydrogen) atoms. The first-order valence-electron chi connectivity index (χ1n) is 24.2. The van der Waals surface area contributed by atoms with Crippen LogP contribution in [0.3, 0.4) is 0 Å². The maximum atomic E-state index is 10.8. The summed E-state index contributed by atoms with van der Waals surface area (Å²) in [5.41, 5.74) is 21.1. The van der Waals surface area contributed by atoms with Crippen molar-refractivity contribution >= 4 is 83.8 Å². The molecule has 332 valence electrons. The predicted octanol–water partition coefficient (Wildman–Crippen LogP) is 14.2. The fourth-order valence-corrected chi connectivity index (χ4v) is 11.6. The summed E-state index contributed by atoms with van der Waals surface area (Å²) in [6.45, 7) is 13.3. The Hall–Kier alpha value is -8.58. The molecule has 0 N–H and O–H groups in total. The Balaban J connectivity index is 1.20. The third-order valence-electron chi connectivity index (χ3n) is 15.0. The molecule has 0 spiro atoms. The summed E-state index contributed by atoms with van der Waals surface area (Å²) in [5, 5.41) is 25.8. The zero-order chi connectivity index (χ0) is 47.8. The van der Waals surface area contributed by atoms with E-state index in [2.05, 4.69) is 244 Å². The van der Waals surface area contributed by atoms with Crippen molar-refractivity contribution in [2.45, 2.75) is 52.4 Å². The Morgan fingerprint density at radius 2 is 0.986 bits per heavy atom. The van der Waals surface area contributed by atoms with Crippen molar-refractivity contribution in [2.24, 2.45) is 0 Å². The fraction of sp³-hybridized carbons (Fsp3) is 0.125. The topological polar surface area (TPSA) is 60.7 Å². The number of nitrogens with zero attached hydrogens (tertiary/aromatic N) is 5. The number of benzene rings is 9. The standard InChI is InChI=1S/C64H48BN5/c1-63(2,3)45-20-23-47(24-21-45)68-56-27-17-39(37-66)30-53(56)65-54-31-40(38-67)29-52-51-34-46(64(4,5)6)22-28-55(51)70(62(52)54)60-36-48(35-59(68)61(60)65)69-57-32-43(41-13-9-7-10-14-41)18-25-49(57)50-26-19-44(33-58(50)69)42-15-11-8-12-16-42/h7-36H,1-6H3. The van der Waals surface area contributed by atoms with Gasteiger partial charge in [-0.05, 0) is 139 Å². The molecule has 0 saturated heterocycles. The number of rotatable bonds is 4. The Bertz CT molecular complexity index is 4000. The highest BCUT2D eigenvalue weighted by Crippen LogP contribution is 2.46. The van der Waals surface area contributed by atoms with Gasteiger partial charge >= 0.3 is 0 Å². The van der Waals surface area contributed by atoms with Gasteiger partial charge in [0.25, 0.3) is 6.71 Å². The first-order chi connectivity index (χ1) is 33.9. The summed E-state index contributed by atoms with van der Waals surface area (Å²) < 4.78 is 4.96. The van der Waals surface area contributed by atoms with Crippen molar-refractivity contribution < 1.29 is 0 Å². The van der Waals surface area contributed by atoms with E-state index in [-0.39, 0.29) is 17.5 Å². The zero-order valence-electron chi connectivity index (χ0n) is 40.1. The number of hydrogen-bond donors (Lipinski definition) is 0. The van der Waals surface area contributed by atoms with E-state index in [9.17, 15) is 10.5 Å². The molecule has 0 saturated carbocycles. The van der Waals surface area contributed by atoms with Gasteiger partial charge in [0.2, 0.25) is 0 Å². The van der Waals surface area contributed by atoms with Gasteiger partial charge in [-0.2, -0.15) is 10.5 Å². The van der Waals surface area contributed by atoms with Crippen LogP contribution in [0.4, 0.5) is 17.1 Å². The summed E-state index contributed by atoms with van der Waals surface area (Å²) in [6.07, 6.45) is 0. The van der Waals surface area contributed by atoms with Gasteiger partial charge in [-0.15, -0.1) is 0 Å². The van der Waals surface area contributed by atoms with Gasteiger partial charge < -0.3 is 14.0 Å². The fourth-order valence-electron chi connectivity index (χ4n) is 11.6. The van der Waals surface area contributed by atoms with Crippen LogP contribution in [0, 0.1) is 22.7 Å². The lowest BCUT2D eigenvalue weighted by atomic mass is 9.33. The van der Waals surface area contributed by atoms with E-state index in [4.69, 9.17) is 0 Å². The minimum Gasteiger partial charge on any atom is -0.311 e. The number of fused-ring (bicyclic) bond motifs is 10. The summed E-state index contributed by atoms with van der Waals surface area (Å²) >= 11 is 0. The molecule has 0 amide bonds. The average Bonchev–Trinajstić information content (AvgIpc) is 3.89. The second-order valence-corrected chi connectivity index (χ2v) is 21.3. The molecule has 0 fully saturated rings. The van der Waals surface area contributed by atoms with Gasteiger partial charge in [-0.3, -0.25) is 0 Å². The summed E-state index contributed by atoms with van der Waals surface area (Å²) in [4.78, 5) is 2.42. The quantitative estimate of drug-likeness (QED) is 0.165. The van der Waals surface area contributed by atoms with Crippen molar-refractivity contribution in [3.63, 3.8) is 0 Å². The molecule has 11 aromatic rings. The van der Waals surface area contributed by atoms with Gasteiger partial charge in [-0.25, -0.2) is 0 Å². The molecule has 0 atom stereocenters. The van der Waals surface area contributed by atoms with Crippen molar-refractivity contribution in [1.82, 2.24) is 9.13 Å². The summed E-state index contributed by atoms with van der Waals surface area (Å²) in [6, 6.07) is 71.3. The molecule has 2 aliphatic rings. The molecule has 9 aromatic carbocycles. The third-order valence-corrected chi connectivity index (χ3v) is 15.0. The minimum atomic E-state index is -0.269. The highest BCUT2D eigenvalue weighted by molar-refractivity contribution is 7.00. The Morgan fingerprint density at radius 3 is 1.59 bits per heavy atom. The SMILES string of the molecule is CC(C)(C)c1ccc(N2c3ccc(C#N)cc3B3c4c2cc(-n2c5cc(-c6ccccc6)ccc5c5ccc(-c6ccccc6)cc52)cc4-n2c4ccc(C(C)(C)C)cc4c4cc(C#N)cc3c42)cc1. The van der Waals surface area contributed by atoms with Crippen molar-refractivity contribution in [3.05, 3.63) is 204 Å². The van der Waals surface area contributed by atoms with Crippen LogP contribution >= 0.6 is 0 Å². The van der Waals surface area contributed by atoms with Crippen molar-refractivity contribution in [2.75, 3.05) is 4.90 Å². The van der Waals surface area contributed by atoms with Crippen LogP contribution in [0.25, 0.3) is 77.2 Å². The monoisotopic (exact) mass is 897 g/mol. The van der Waals surface area contributed by atoms with Crippen LogP contribution in [0.5, 0.6) is 0 Å². The molecule has 5 nitrogen and oxygen atoms in total. The molecule has 0 bridgehead atoms. The van der Waals surface area contributed by atoms with Gasteiger partial charge in [0, 0.05) is 49.8 Å². The van der Waals surface area contributed by atoms with E-state index in [0.29, 0.717) is 11.1 Å². The second kappa shape index (κ2) is 15.0.